The predicted molar refractivity (Wildman–Crippen MR) is 82.9 cm³/mol. The van der Waals surface area contributed by atoms with Crippen molar-refractivity contribution >= 4 is 27.5 Å². The maximum Gasteiger partial charge on any atom is 0.271 e. The summed E-state index contributed by atoms with van der Waals surface area (Å²) in [5.41, 5.74) is 6.62. The first-order valence-electron chi connectivity index (χ1n) is 6.45. The van der Waals surface area contributed by atoms with Gasteiger partial charge in [-0.05, 0) is 42.7 Å². The summed E-state index contributed by atoms with van der Waals surface area (Å²) in [6.45, 7) is 0. The Morgan fingerprint density at radius 2 is 1.80 bits per heavy atom. The molecule has 0 unspecified atom stereocenters. The van der Waals surface area contributed by atoms with Gasteiger partial charge in [0, 0.05) is 15.6 Å². The molecule has 0 bridgehead atoms. The number of aryl methyl sites for hydroxylation is 1. The van der Waals surface area contributed by atoms with Crippen LogP contribution >= 0.6 is 15.9 Å². The molecule has 100 valence electrons. The lowest BCUT2D eigenvalue weighted by molar-refractivity contribution is 0.0955. The fourth-order valence-corrected chi connectivity index (χ4v) is 2.57. The summed E-state index contributed by atoms with van der Waals surface area (Å²) in [5, 5.41) is 4.27. The lowest BCUT2D eigenvalue weighted by atomic mass is 10.1. The summed E-state index contributed by atoms with van der Waals surface area (Å²) >= 11 is 3.35. The molecule has 0 radical (unpaired) electrons. The fraction of sp³-hybridized carbons (Fsp3) is 0.125. The van der Waals surface area contributed by atoms with Gasteiger partial charge in [-0.25, -0.2) is 5.43 Å². The first-order chi connectivity index (χ1) is 9.74. The van der Waals surface area contributed by atoms with Gasteiger partial charge in [0.15, 0.2) is 0 Å². The van der Waals surface area contributed by atoms with Gasteiger partial charge in [0.2, 0.25) is 0 Å². The predicted octanol–water partition coefficient (Wildman–Crippen LogP) is 3.53. The molecule has 0 saturated carbocycles. The van der Waals surface area contributed by atoms with Gasteiger partial charge in [0.1, 0.15) is 0 Å². The summed E-state index contributed by atoms with van der Waals surface area (Å²) in [4.78, 5) is 12.0. The van der Waals surface area contributed by atoms with E-state index < -0.39 is 0 Å². The molecule has 2 aromatic rings. The van der Waals surface area contributed by atoms with Crippen molar-refractivity contribution in [2.45, 2.75) is 12.8 Å². The van der Waals surface area contributed by atoms with Crippen molar-refractivity contribution in [3.63, 3.8) is 0 Å². The van der Waals surface area contributed by atoms with Crippen LogP contribution in [0.25, 0.3) is 0 Å². The van der Waals surface area contributed by atoms with Crippen LogP contribution in [0.1, 0.15) is 27.9 Å². The maximum atomic E-state index is 12.0. The van der Waals surface area contributed by atoms with Crippen molar-refractivity contribution in [2.75, 3.05) is 0 Å². The van der Waals surface area contributed by atoms with Crippen LogP contribution in [0.2, 0.25) is 0 Å². The number of fused-ring (bicyclic) bond motifs is 1. The van der Waals surface area contributed by atoms with Crippen LogP contribution in [0, 0.1) is 0 Å². The minimum absolute atomic E-state index is 0.186. The number of carbonyl (C=O) groups is 1. The molecule has 0 atom stereocenters. The number of hydrazone groups is 1. The third-order valence-corrected chi connectivity index (χ3v) is 3.89. The second-order valence-corrected chi connectivity index (χ2v) is 5.58. The Labute approximate surface area is 125 Å². The Morgan fingerprint density at radius 3 is 2.60 bits per heavy atom. The van der Waals surface area contributed by atoms with Gasteiger partial charge < -0.3 is 0 Å². The van der Waals surface area contributed by atoms with E-state index in [1.54, 1.807) is 12.1 Å². The molecule has 1 aliphatic carbocycles. The molecule has 0 spiro atoms. The molecule has 3 rings (SSSR count). The van der Waals surface area contributed by atoms with Crippen molar-refractivity contribution in [3.05, 3.63) is 69.7 Å². The molecule has 1 N–H and O–H groups in total. The third kappa shape index (κ3) is 2.65. The molecule has 1 aliphatic rings. The smallest absolute Gasteiger partial charge is 0.267 e. The lowest BCUT2D eigenvalue weighted by Gasteiger charge is -2.03. The molecule has 0 saturated heterocycles. The van der Waals surface area contributed by atoms with E-state index in [4.69, 9.17) is 0 Å². The largest absolute Gasteiger partial charge is 0.271 e. The van der Waals surface area contributed by atoms with Gasteiger partial charge in [0.25, 0.3) is 5.91 Å². The molecule has 0 fully saturated rings. The highest BCUT2D eigenvalue weighted by Crippen LogP contribution is 2.21. The van der Waals surface area contributed by atoms with E-state index >= 15 is 0 Å². The van der Waals surface area contributed by atoms with Crippen LogP contribution in [0.15, 0.2) is 58.1 Å². The normalized spacial score (nSPS) is 15.2. The Morgan fingerprint density at radius 1 is 1.05 bits per heavy atom. The standard InChI is InChI=1S/C16H13BrN2O/c17-13-8-5-12(6-9-13)16(20)19-18-15-10-7-11-3-1-2-4-14(11)15/h1-6,8-9H,7,10H2,(H,19,20). The Balaban J connectivity index is 1.75. The van der Waals surface area contributed by atoms with Crippen LogP contribution in [-0.4, -0.2) is 11.6 Å². The lowest BCUT2D eigenvalue weighted by Crippen LogP contribution is -2.19. The Bertz CT molecular complexity index is 677. The van der Waals surface area contributed by atoms with E-state index in [1.165, 1.54) is 5.56 Å². The van der Waals surface area contributed by atoms with Gasteiger partial charge in [-0.3, -0.25) is 4.79 Å². The van der Waals surface area contributed by atoms with Crippen molar-refractivity contribution in [3.8, 4) is 0 Å². The molecule has 2 aromatic carbocycles. The number of nitrogens with zero attached hydrogens (tertiary/aromatic N) is 1. The van der Waals surface area contributed by atoms with Gasteiger partial charge in [-0.15, -0.1) is 0 Å². The van der Waals surface area contributed by atoms with Crippen LogP contribution < -0.4 is 5.43 Å². The van der Waals surface area contributed by atoms with Gasteiger partial charge in [-0.2, -0.15) is 5.10 Å². The van der Waals surface area contributed by atoms with Crippen LogP contribution in [-0.2, 0) is 6.42 Å². The molecule has 0 aliphatic heterocycles. The topological polar surface area (TPSA) is 41.5 Å². The molecule has 4 heteroatoms. The van der Waals surface area contributed by atoms with Crippen molar-refractivity contribution in [2.24, 2.45) is 5.10 Å². The van der Waals surface area contributed by atoms with Crippen molar-refractivity contribution < 1.29 is 4.79 Å². The zero-order valence-electron chi connectivity index (χ0n) is 10.8. The minimum Gasteiger partial charge on any atom is -0.267 e. The van der Waals surface area contributed by atoms with E-state index in [0.717, 1.165) is 28.6 Å². The van der Waals surface area contributed by atoms with Crippen LogP contribution in [0.3, 0.4) is 0 Å². The first-order valence-corrected chi connectivity index (χ1v) is 7.24. The summed E-state index contributed by atoms with van der Waals surface area (Å²) in [6.07, 6.45) is 1.86. The van der Waals surface area contributed by atoms with Crippen molar-refractivity contribution in [1.82, 2.24) is 5.43 Å². The summed E-state index contributed by atoms with van der Waals surface area (Å²) in [7, 11) is 0. The first kappa shape index (κ1) is 13.1. The van der Waals surface area contributed by atoms with Crippen LogP contribution in [0.4, 0.5) is 0 Å². The Kier molecular flexibility index (Phi) is 3.65. The number of halogens is 1. The third-order valence-electron chi connectivity index (χ3n) is 3.36. The highest BCUT2D eigenvalue weighted by Gasteiger charge is 2.17. The SMILES string of the molecule is O=C(NN=C1CCc2ccccc21)c1ccc(Br)cc1. The zero-order chi connectivity index (χ0) is 13.9. The van der Waals surface area contributed by atoms with Gasteiger partial charge in [0.05, 0.1) is 5.71 Å². The average Bonchev–Trinajstić information content (AvgIpc) is 2.89. The molecule has 1 amide bonds. The van der Waals surface area contributed by atoms with E-state index in [1.807, 2.05) is 30.3 Å². The van der Waals surface area contributed by atoms with E-state index in [9.17, 15) is 4.79 Å². The maximum absolute atomic E-state index is 12.0. The minimum atomic E-state index is -0.186. The van der Waals surface area contributed by atoms with E-state index in [0.29, 0.717) is 5.56 Å². The fourth-order valence-electron chi connectivity index (χ4n) is 2.31. The Hall–Kier alpha value is -1.94. The zero-order valence-corrected chi connectivity index (χ0v) is 12.4. The number of benzene rings is 2. The number of hydrogen-bond acceptors (Lipinski definition) is 2. The van der Waals surface area contributed by atoms with Crippen molar-refractivity contribution in [1.29, 1.82) is 0 Å². The number of carbonyl (C=O) groups excluding carboxylic acids is 1. The number of rotatable bonds is 2. The molecule has 3 nitrogen and oxygen atoms in total. The second-order valence-electron chi connectivity index (χ2n) is 4.66. The second kappa shape index (κ2) is 5.59. The number of amides is 1. The van der Waals surface area contributed by atoms with E-state index in [-0.39, 0.29) is 5.91 Å². The van der Waals surface area contributed by atoms with E-state index in [2.05, 4.69) is 32.5 Å². The number of hydrogen-bond donors (Lipinski definition) is 1. The molecule has 0 aromatic heterocycles. The quantitative estimate of drug-likeness (QED) is 0.842. The molecule has 0 heterocycles. The van der Waals surface area contributed by atoms with Crippen LogP contribution in [0.5, 0.6) is 0 Å². The summed E-state index contributed by atoms with van der Waals surface area (Å²) in [6, 6.07) is 15.4. The monoisotopic (exact) mass is 328 g/mol. The summed E-state index contributed by atoms with van der Waals surface area (Å²) < 4.78 is 0.949. The molecule has 20 heavy (non-hydrogen) atoms. The molecular weight excluding hydrogens is 316 g/mol. The van der Waals surface area contributed by atoms with Gasteiger partial charge >= 0.3 is 0 Å². The summed E-state index contributed by atoms with van der Waals surface area (Å²) in [5.74, 6) is -0.186. The molecular formula is C16H13BrN2O. The highest BCUT2D eigenvalue weighted by molar-refractivity contribution is 9.10. The average molecular weight is 329 g/mol. The van der Waals surface area contributed by atoms with Gasteiger partial charge in [-0.1, -0.05) is 40.2 Å². The number of nitrogens with one attached hydrogen (secondary N) is 1. The highest BCUT2D eigenvalue weighted by atomic mass is 79.9.